The molecule has 0 unspecified atom stereocenters. The lowest BCUT2D eigenvalue weighted by molar-refractivity contribution is -0.131. The zero-order valence-corrected chi connectivity index (χ0v) is 10.1. The fraction of sp³-hybridized carbons (Fsp3) is 0.0625. The molecule has 2 aromatic carbocycles. The van der Waals surface area contributed by atoms with Crippen LogP contribution in [0.4, 0.5) is 4.39 Å². The van der Waals surface area contributed by atoms with Gasteiger partial charge in [0.15, 0.2) is 0 Å². The number of benzene rings is 2. The van der Waals surface area contributed by atoms with Crippen molar-refractivity contribution >= 4 is 12.0 Å². The summed E-state index contributed by atoms with van der Waals surface area (Å²) in [7, 11) is 0. The Bertz CT molecular complexity index is 702. The lowest BCUT2D eigenvalue weighted by Crippen LogP contribution is -1.86. The van der Waals surface area contributed by atoms with Crippen LogP contribution in [0.3, 0.4) is 0 Å². The molecule has 0 aliphatic heterocycles. The van der Waals surface area contributed by atoms with Gasteiger partial charge in [-0.3, -0.25) is 0 Å². The van der Waals surface area contributed by atoms with Crippen molar-refractivity contribution in [1.82, 2.24) is 0 Å². The molecule has 1 aliphatic rings. The second-order valence-electron chi connectivity index (χ2n) is 4.57. The quantitative estimate of drug-likeness (QED) is 0.711. The molecule has 0 saturated carbocycles. The minimum Gasteiger partial charge on any atom is -0.478 e. The summed E-state index contributed by atoms with van der Waals surface area (Å²) in [6, 6.07) is 10.6. The van der Waals surface area contributed by atoms with E-state index in [1.807, 2.05) is 18.2 Å². The van der Waals surface area contributed by atoms with E-state index in [0.717, 1.165) is 33.9 Å². The Morgan fingerprint density at radius 1 is 1.11 bits per heavy atom. The average Bonchev–Trinajstić information content (AvgIpc) is 2.72. The van der Waals surface area contributed by atoms with E-state index in [-0.39, 0.29) is 5.82 Å². The summed E-state index contributed by atoms with van der Waals surface area (Å²) >= 11 is 0. The van der Waals surface area contributed by atoms with E-state index in [1.54, 1.807) is 18.2 Å². The number of carbonyl (C=O) groups is 1. The number of halogens is 1. The molecule has 0 fully saturated rings. The Morgan fingerprint density at radius 3 is 2.53 bits per heavy atom. The lowest BCUT2D eigenvalue weighted by atomic mass is 10.0. The summed E-state index contributed by atoms with van der Waals surface area (Å²) in [5.41, 5.74) is 5.09. The van der Waals surface area contributed by atoms with E-state index in [2.05, 4.69) is 0 Å². The van der Waals surface area contributed by atoms with Crippen molar-refractivity contribution in [3.8, 4) is 11.1 Å². The van der Waals surface area contributed by atoms with E-state index in [4.69, 9.17) is 5.11 Å². The number of carboxylic acid groups (broad SMARTS) is 1. The maximum Gasteiger partial charge on any atom is 0.328 e. The Hall–Kier alpha value is -2.42. The van der Waals surface area contributed by atoms with Crippen LogP contribution in [-0.2, 0) is 11.2 Å². The van der Waals surface area contributed by atoms with Gasteiger partial charge in [-0.2, -0.15) is 0 Å². The normalized spacial score (nSPS) is 12.5. The number of fused-ring (bicyclic) bond motifs is 3. The number of aliphatic carboxylic acids is 1. The number of hydrogen-bond acceptors (Lipinski definition) is 1. The molecule has 0 bridgehead atoms. The summed E-state index contributed by atoms with van der Waals surface area (Å²) in [4.78, 5) is 10.5. The highest BCUT2D eigenvalue weighted by atomic mass is 19.1. The van der Waals surface area contributed by atoms with Gasteiger partial charge in [-0.1, -0.05) is 24.3 Å². The van der Waals surface area contributed by atoms with Crippen LogP contribution in [0.1, 0.15) is 16.7 Å². The van der Waals surface area contributed by atoms with Crippen molar-refractivity contribution in [2.24, 2.45) is 0 Å². The van der Waals surface area contributed by atoms with Crippen LogP contribution in [0.15, 0.2) is 42.5 Å². The molecule has 3 rings (SSSR count). The molecule has 2 aromatic rings. The topological polar surface area (TPSA) is 37.3 Å². The molecule has 1 aliphatic carbocycles. The van der Waals surface area contributed by atoms with Crippen LogP contribution >= 0.6 is 0 Å². The first-order chi connectivity index (χ1) is 9.13. The Balaban J connectivity index is 2.00. The van der Waals surface area contributed by atoms with E-state index in [1.165, 1.54) is 6.07 Å². The second-order valence-corrected chi connectivity index (χ2v) is 4.57. The molecular formula is C16H11FO2. The van der Waals surface area contributed by atoms with Crippen LogP contribution in [0.25, 0.3) is 17.2 Å². The first-order valence-corrected chi connectivity index (χ1v) is 5.96. The van der Waals surface area contributed by atoms with E-state index in [9.17, 15) is 9.18 Å². The Kier molecular flexibility index (Phi) is 2.67. The smallest absolute Gasteiger partial charge is 0.328 e. The summed E-state index contributed by atoms with van der Waals surface area (Å²) in [5.74, 6) is -1.19. The van der Waals surface area contributed by atoms with Gasteiger partial charge in [0.25, 0.3) is 0 Å². The third-order valence-corrected chi connectivity index (χ3v) is 3.29. The molecule has 3 heteroatoms. The van der Waals surface area contributed by atoms with Gasteiger partial charge < -0.3 is 5.11 Å². The zero-order valence-electron chi connectivity index (χ0n) is 10.1. The van der Waals surface area contributed by atoms with E-state index < -0.39 is 5.97 Å². The van der Waals surface area contributed by atoms with Gasteiger partial charge in [0.05, 0.1) is 0 Å². The van der Waals surface area contributed by atoms with Crippen LogP contribution < -0.4 is 0 Å². The van der Waals surface area contributed by atoms with Gasteiger partial charge in [-0.25, -0.2) is 9.18 Å². The predicted molar refractivity (Wildman–Crippen MR) is 71.3 cm³/mol. The molecule has 0 atom stereocenters. The predicted octanol–water partition coefficient (Wildman–Crippen LogP) is 3.49. The average molecular weight is 254 g/mol. The van der Waals surface area contributed by atoms with Crippen molar-refractivity contribution in [2.75, 3.05) is 0 Å². The van der Waals surface area contributed by atoms with Crippen LogP contribution in [0.5, 0.6) is 0 Å². The summed E-state index contributed by atoms with van der Waals surface area (Å²) < 4.78 is 13.2. The van der Waals surface area contributed by atoms with E-state index >= 15 is 0 Å². The SMILES string of the molecule is O=C(O)/C=C/c1ccc2c(c1)Cc1cc(F)ccc1-2. The molecule has 19 heavy (non-hydrogen) atoms. The molecule has 2 nitrogen and oxygen atoms in total. The molecular weight excluding hydrogens is 243 g/mol. The van der Waals surface area contributed by atoms with Crippen molar-refractivity contribution in [1.29, 1.82) is 0 Å². The molecule has 0 saturated heterocycles. The highest BCUT2D eigenvalue weighted by Gasteiger charge is 2.18. The third-order valence-electron chi connectivity index (χ3n) is 3.29. The fourth-order valence-corrected chi connectivity index (χ4v) is 2.47. The van der Waals surface area contributed by atoms with Gasteiger partial charge in [0, 0.05) is 6.08 Å². The monoisotopic (exact) mass is 254 g/mol. The standard InChI is InChI=1S/C16H11FO2/c17-13-3-5-15-12(9-13)8-11-7-10(1-4-14(11)15)2-6-16(18)19/h1-7,9H,8H2,(H,18,19)/b6-2+. The molecule has 94 valence electrons. The minimum absolute atomic E-state index is 0.224. The van der Waals surface area contributed by atoms with Gasteiger partial charge >= 0.3 is 5.97 Å². The first kappa shape index (κ1) is 11.7. The van der Waals surface area contributed by atoms with Crippen molar-refractivity contribution < 1.29 is 14.3 Å². The highest BCUT2D eigenvalue weighted by molar-refractivity contribution is 5.86. The fourth-order valence-electron chi connectivity index (χ4n) is 2.47. The number of rotatable bonds is 2. The van der Waals surface area contributed by atoms with Crippen LogP contribution in [0.2, 0.25) is 0 Å². The largest absolute Gasteiger partial charge is 0.478 e. The van der Waals surface area contributed by atoms with Crippen LogP contribution in [0, 0.1) is 5.82 Å². The van der Waals surface area contributed by atoms with Gasteiger partial charge in [0.2, 0.25) is 0 Å². The maximum atomic E-state index is 13.2. The van der Waals surface area contributed by atoms with Crippen molar-refractivity contribution in [2.45, 2.75) is 6.42 Å². The molecule has 0 aromatic heterocycles. The van der Waals surface area contributed by atoms with E-state index in [0.29, 0.717) is 6.42 Å². The highest BCUT2D eigenvalue weighted by Crippen LogP contribution is 2.37. The number of carboxylic acids is 1. The summed E-state index contributed by atoms with van der Waals surface area (Å²) in [6.45, 7) is 0. The van der Waals surface area contributed by atoms with Crippen LogP contribution in [-0.4, -0.2) is 11.1 Å². The second kappa shape index (κ2) is 4.35. The molecule has 0 radical (unpaired) electrons. The zero-order chi connectivity index (χ0) is 13.4. The summed E-state index contributed by atoms with van der Waals surface area (Å²) in [6.07, 6.45) is 3.37. The lowest BCUT2D eigenvalue weighted by Gasteiger charge is -2.01. The number of hydrogen-bond donors (Lipinski definition) is 1. The van der Waals surface area contributed by atoms with Gasteiger partial charge in [0.1, 0.15) is 5.82 Å². The molecule has 0 amide bonds. The molecule has 0 spiro atoms. The minimum atomic E-state index is -0.967. The first-order valence-electron chi connectivity index (χ1n) is 5.96. The molecule has 0 heterocycles. The maximum absolute atomic E-state index is 13.2. The van der Waals surface area contributed by atoms with Gasteiger partial charge in [-0.05, 0) is 52.4 Å². The van der Waals surface area contributed by atoms with Gasteiger partial charge in [-0.15, -0.1) is 0 Å². The Labute approximate surface area is 109 Å². The summed E-state index contributed by atoms with van der Waals surface area (Å²) in [5, 5.41) is 8.61. The Morgan fingerprint density at radius 2 is 1.79 bits per heavy atom. The van der Waals surface area contributed by atoms with Crippen molar-refractivity contribution in [3.63, 3.8) is 0 Å². The van der Waals surface area contributed by atoms with Crippen molar-refractivity contribution in [3.05, 3.63) is 65.0 Å². The third kappa shape index (κ3) is 2.15. The molecule has 1 N–H and O–H groups in total.